The molecule has 0 bridgehead atoms. The molecule has 0 unspecified atom stereocenters. The second kappa shape index (κ2) is 6.46. The van der Waals surface area contributed by atoms with Gasteiger partial charge in [0, 0.05) is 0 Å². The predicted octanol–water partition coefficient (Wildman–Crippen LogP) is 1.12. The lowest BCUT2D eigenvalue weighted by atomic mass is 10.2. The van der Waals surface area contributed by atoms with Gasteiger partial charge in [0.2, 0.25) is 0 Å². The Morgan fingerprint density at radius 2 is 2.20 bits per heavy atom. The van der Waals surface area contributed by atoms with Gasteiger partial charge in [-0.15, -0.1) is 5.10 Å². The van der Waals surface area contributed by atoms with Crippen LogP contribution in [0.3, 0.4) is 0 Å². The first-order valence-corrected chi connectivity index (χ1v) is 6.13. The number of aliphatic imine (C=N–C) groups is 1. The SMILES string of the molecule is CCOC=Nc1c(C(N)=O)nnn1Cc1ccccc1. The van der Waals surface area contributed by atoms with E-state index in [-0.39, 0.29) is 11.5 Å². The average Bonchev–Trinajstić information content (AvgIpc) is 2.83. The van der Waals surface area contributed by atoms with Crippen molar-refractivity contribution in [1.82, 2.24) is 15.0 Å². The maximum absolute atomic E-state index is 11.3. The zero-order valence-corrected chi connectivity index (χ0v) is 11.1. The number of benzene rings is 1. The zero-order valence-electron chi connectivity index (χ0n) is 11.1. The summed E-state index contributed by atoms with van der Waals surface area (Å²) in [5, 5.41) is 7.67. The molecule has 2 aromatic rings. The minimum atomic E-state index is -0.673. The maximum atomic E-state index is 11.3. The van der Waals surface area contributed by atoms with Crippen molar-refractivity contribution >= 4 is 18.1 Å². The van der Waals surface area contributed by atoms with Crippen LogP contribution >= 0.6 is 0 Å². The normalized spacial score (nSPS) is 10.8. The topological polar surface area (TPSA) is 95.4 Å². The number of nitrogens with two attached hydrogens (primary N) is 1. The van der Waals surface area contributed by atoms with Gasteiger partial charge < -0.3 is 10.5 Å². The van der Waals surface area contributed by atoms with E-state index < -0.39 is 5.91 Å². The van der Waals surface area contributed by atoms with Crippen LogP contribution in [0.25, 0.3) is 0 Å². The van der Waals surface area contributed by atoms with Gasteiger partial charge in [0.1, 0.15) is 0 Å². The van der Waals surface area contributed by atoms with Gasteiger partial charge in [0.25, 0.3) is 5.91 Å². The van der Waals surface area contributed by atoms with Crippen LogP contribution in [0.5, 0.6) is 0 Å². The largest absolute Gasteiger partial charge is 0.483 e. The molecule has 1 aromatic carbocycles. The van der Waals surface area contributed by atoms with Crippen molar-refractivity contribution in [2.24, 2.45) is 10.7 Å². The number of nitrogens with zero attached hydrogens (tertiary/aromatic N) is 4. The second-order valence-electron chi connectivity index (χ2n) is 3.96. The van der Waals surface area contributed by atoms with Crippen LogP contribution < -0.4 is 5.73 Å². The zero-order chi connectivity index (χ0) is 14.4. The smallest absolute Gasteiger partial charge is 0.273 e. The number of hydrogen-bond acceptors (Lipinski definition) is 5. The number of ether oxygens (including phenoxy) is 1. The summed E-state index contributed by atoms with van der Waals surface area (Å²) in [7, 11) is 0. The fraction of sp³-hybridized carbons (Fsp3) is 0.231. The molecule has 0 atom stereocenters. The maximum Gasteiger partial charge on any atom is 0.273 e. The van der Waals surface area contributed by atoms with Gasteiger partial charge in [0.05, 0.1) is 13.2 Å². The Kier molecular flexibility index (Phi) is 4.43. The van der Waals surface area contributed by atoms with E-state index in [4.69, 9.17) is 10.5 Å². The van der Waals surface area contributed by atoms with Crippen LogP contribution in [0.15, 0.2) is 35.3 Å². The standard InChI is InChI=1S/C13H15N5O2/c1-2-20-9-15-13-11(12(14)19)16-17-18(13)8-10-6-4-3-5-7-10/h3-7,9H,2,8H2,1H3,(H2,14,19). The first-order valence-electron chi connectivity index (χ1n) is 6.13. The molecule has 0 aliphatic carbocycles. The van der Waals surface area contributed by atoms with Crippen LogP contribution in [-0.4, -0.2) is 33.9 Å². The number of aromatic nitrogens is 3. The minimum Gasteiger partial charge on any atom is -0.483 e. The highest BCUT2D eigenvalue weighted by atomic mass is 16.5. The number of carbonyl (C=O) groups excluding carboxylic acids is 1. The summed E-state index contributed by atoms with van der Waals surface area (Å²) >= 11 is 0. The Balaban J connectivity index is 2.30. The number of primary amides is 1. The monoisotopic (exact) mass is 273 g/mol. The molecule has 2 N–H and O–H groups in total. The van der Waals surface area contributed by atoms with E-state index >= 15 is 0 Å². The molecule has 0 aliphatic rings. The molecule has 7 heteroatoms. The molecular formula is C13H15N5O2. The number of hydrogen-bond donors (Lipinski definition) is 1. The summed E-state index contributed by atoms with van der Waals surface area (Å²) in [4.78, 5) is 15.4. The second-order valence-corrected chi connectivity index (χ2v) is 3.96. The molecule has 1 heterocycles. The van der Waals surface area contributed by atoms with E-state index in [0.717, 1.165) is 5.56 Å². The van der Waals surface area contributed by atoms with Crippen LogP contribution in [0.1, 0.15) is 23.0 Å². The van der Waals surface area contributed by atoms with E-state index in [1.165, 1.54) is 11.1 Å². The Hall–Kier alpha value is -2.70. The highest BCUT2D eigenvalue weighted by Gasteiger charge is 2.16. The predicted molar refractivity (Wildman–Crippen MR) is 73.9 cm³/mol. The van der Waals surface area contributed by atoms with E-state index in [2.05, 4.69) is 15.3 Å². The van der Waals surface area contributed by atoms with Crippen molar-refractivity contribution in [3.8, 4) is 0 Å². The molecule has 7 nitrogen and oxygen atoms in total. The molecule has 0 radical (unpaired) electrons. The molecule has 0 spiro atoms. The molecule has 0 saturated carbocycles. The summed E-state index contributed by atoms with van der Waals surface area (Å²) < 4.78 is 6.54. The third kappa shape index (κ3) is 3.19. The van der Waals surface area contributed by atoms with Crippen molar-refractivity contribution in [3.63, 3.8) is 0 Å². The van der Waals surface area contributed by atoms with E-state index in [1.807, 2.05) is 37.3 Å². The Morgan fingerprint density at radius 3 is 2.85 bits per heavy atom. The van der Waals surface area contributed by atoms with E-state index in [1.54, 1.807) is 0 Å². The Morgan fingerprint density at radius 1 is 1.45 bits per heavy atom. The van der Waals surface area contributed by atoms with Crippen molar-refractivity contribution < 1.29 is 9.53 Å². The van der Waals surface area contributed by atoms with Crippen LogP contribution in [0.4, 0.5) is 5.82 Å². The molecule has 1 aromatic heterocycles. The van der Waals surface area contributed by atoms with Gasteiger partial charge in [-0.25, -0.2) is 4.68 Å². The molecule has 0 aliphatic heterocycles. The molecule has 0 saturated heterocycles. The van der Waals surface area contributed by atoms with Crippen LogP contribution in [-0.2, 0) is 11.3 Å². The minimum absolute atomic E-state index is 0.0249. The number of carbonyl (C=O) groups is 1. The van der Waals surface area contributed by atoms with Crippen LogP contribution in [0.2, 0.25) is 0 Å². The lowest BCUT2D eigenvalue weighted by molar-refractivity contribution is 0.0996. The molecule has 0 fully saturated rings. The summed E-state index contributed by atoms with van der Waals surface area (Å²) in [5.74, 6) is -0.386. The first-order chi connectivity index (χ1) is 9.72. The van der Waals surface area contributed by atoms with Crippen molar-refractivity contribution in [1.29, 1.82) is 0 Å². The van der Waals surface area contributed by atoms with Gasteiger partial charge in [-0.2, -0.15) is 4.99 Å². The fourth-order valence-corrected chi connectivity index (χ4v) is 1.62. The van der Waals surface area contributed by atoms with Crippen molar-refractivity contribution in [2.45, 2.75) is 13.5 Å². The molecule has 104 valence electrons. The average molecular weight is 273 g/mol. The third-order valence-corrected chi connectivity index (χ3v) is 2.53. The highest BCUT2D eigenvalue weighted by Crippen LogP contribution is 2.17. The van der Waals surface area contributed by atoms with E-state index in [0.29, 0.717) is 13.2 Å². The van der Waals surface area contributed by atoms with Crippen molar-refractivity contribution in [2.75, 3.05) is 6.61 Å². The summed E-state index contributed by atoms with van der Waals surface area (Å²) in [5.41, 5.74) is 6.30. The lowest BCUT2D eigenvalue weighted by Gasteiger charge is -2.03. The fourth-order valence-electron chi connectivity index (χ4n) is 1.62. The van der Waals surface area contributed by atoms with Crippen molar-refractivity contribution in [3.05, 3.63) is 41.6 Å². The summed E-state index contributed by atoms with van der Waals surface area (Å²) in [6.07, 6.45) is 1.26. The third-order valence-electron chi connectivity index (χ3n) is 2.53. The van der Waals surface area contributed by atoms with E-state index in [9.17, 15) is 4.79 Å². The van der Waals surface area contributed by atoms with Crippen LogP contribution in [0, 0.1) is 0 Å². The Bertz CT molecular complexity index is 606. The summed E-state index contributed by atoms with van der Waals surface area (Å²) in [6, 6.07) is 9.66. The summed E-state index contributed by atoms with van der Waals surface area (Å²) in [6.45, 7) is 2.76. The molecule has 2 rings (SSSR count). The molecule has 1 amide bonds. The number of rotatable bonds is 6. The van der Waals surface area contributed by atoms with Gasteiger partial charge in [-0.05, 0) is 12.5 Å². The van der Waals surface area contributed by atoms with Gasteiger partial charge in [-0.3, -0.25) is 4.79 Å². The molecule has 20 heavy (non-hydrogen) atoms. The highest BCUT2D eigenvalue weighted by molar-refractivity contribution is 5.95. The lowest BCUT2D eigenvalue weighted by Crippen LogP contribution is -2.12. The molecular weight excluding hydrogens is 258 g/mol. The quantitative estimate of drug-likeness (QED) is 0.630. The first kappa shape index (κ1) is 13.7. The van der Waals surface area contributed by atoms with Gasteiger partial charge >= 0.3 is 0 Å². The number of amides is 1. The Labute approximate surface area is 116 Å². The van der Waals surface area contributed by atoms with Gasteiger partial charge in [0.15, 0.2) is 17.9 Å². The van der Waals surface area contributed by atoms with Gasteiger partial charge in [-0.1, -0.05) is 35.5 Å².